The predicted octanol–water partition coefficient (Wildman–Crippen LogP) is 2.59. The molecule has 0 aromatic carbocycles. The van der Waals surface area contributed by atoms with Crippen LogP contribution in [0.25, 0.3) is 0 Å². The first-order valence-corrected chi connectivity index (χ1v) is 10.8. The van der Waals surface area contributed by atoms with Crippen molar-refractivity contribution in [2.75, 3.05) is 6.54 Å². The Morgan fingerprint density at radius 3 is 2.57 bits per heavy atom. The number of carbonyl (C=O) groups excluding carboxylic acids is 2. The van der Waals surface area contributed by atoms with Crippen molar-refractivity contribution in [3.63, 3.8) is 0 Å². The first-order valence-electron chi connectivity index (χ1n) is 10.8. The Balaban J connectivity index is 1.25. The number of fused-ring (bicyclic) bond motifs is 2. The maximum atomic E-state index is 12.9. The zero-order chi connectivity index (χ0) is 19.5. The van der Waals surface area contributed by atoms with Gasteiger partial charge in [0, 0.05) is 44.0 Å². The Hall–Kier alpha value is -2.11. The second-order valence-corrected chi connectivity index (χ2v) is 8.85. The summed E-state index contributed by atoms with van der Waals surface area (Å²) in [6.45, 7) is 0.762. The number of aryl methyl sites for hydroxylation is 1. The molecule has 1 aliphatic carbocycles. The number of piperidine rings is 1. The molecule has 1 aromatic rings. The number of carbonyl (C=O) groups is 2. The number of nitrogens with one attached hydrogen (secondary N) is 1. The summed E-state index contributed by atoms with van der Waals surface area (Å²) in [5.41, 5.74) is 0.969. The minimum absolute atomic E-state index is 0.197. The van der Waals surface area contributed by atoms with Gasteiger partial charge in [-0.15, -0.1) is 0 Å². The first kappa shape index (κ1) is 19.2. The zero-order valence-corrected chi connectivity index (χ0v) is 16.8. The van der Waals surface area contributed by atoms with E-state index in [0.29, 0.717) is 36.8 Å². The van der Waals surface area contributed by atoms with E-state index >= 15 is 0 Å². The van der Waals surface area contributed by atoms with Crippen LogP contribution in [0.4, 0.5) is 0 Å². The lowest BCUT2D eigenvalue weighted by molar-refractivity contribution is -0.136. The van der Waals surface area contributed by atoms with E-state index in [1.165, 1.54) is 0 Å². The fourth-order valence-corrected chi connectivity index (χ4v) is 5.30. The number of amides is 2. The summed E-state index contributed by atoms with van der Waals surface area (Å²) in [4.78, 5) is 31.4. The van der Waals surface area contributed by atoms with E-state index in [-0.39, 0.29) is 11.8 Å². The molecule has 2 bridgehead atoms. The van der Waals surface area contributed by atoms with Gasteiger partial charge in [0.05, 0.1) is 12.7 Å². The van der Waals surface area contributed by atoms with E-state index in [1.807, 2.05) is 11.6 Å². The Bertz CT molecular complexity index is 727. The lowest BCUT2D eigenvalue weighted by Crippen LogP contribution is -2.49. The third kappa shape index (κ3) is 4.31. The summed E-state index contributed by atoms with van der Waals surface area (Å²) < 4.78 is 1.92. The molecule has 3 heterocycles. The molecule has 2 fully saturated rings. The smallest absolute Gasteiger partial charge is 0.229 e. The van der Waals surface area contributed by atoms with Gasteiger partial charge in [-0.3, -0.25) is 9.59 Å². The number of nitrogens with zero attached hydrogens (tertiary/aromatic N) is 3. The summed E-state index contributed by atoms with van der Waals surface area (Å²) in [5, 5.41) is 3.18. The Morgan fingerprint density at radius 1 is 1.14 bits per heavy atom. The average Bonchev–Trinajstić information content (AvgIpc) is 3.21. The third-order valence-corrected chi connectivity index (χ3v) is 6.81. The second-order valence-electron chi connectivity index (χ2n) is 8.85. The van der Waals surface area contributed by atoms with Crippen molar-refractivity contribution in [3.05, 3.63) is 30.4 Å². The lowest BCUT2D eigenvalue weighted by Gasteiger charge is -2.39. The van der Waals surface area contributed by atoms with E-state index in [4.69, 9.17) is 0 Å². The molecule has 28 heavy (non-hydrogen) atoms. The molecular formula is C22H32N4O2. The molecule has 2 amide bonds. The number of hydrogen-bond acceptors (Lipinski definition) is 3. The molecule has 4 rings (SSSR count). The highest BCUT2D eigenvalue weighted by molar-refractivity contribution is 5.79. The standard InChI is InChI=1S/C22H32N4O2/c1-25-15-23-14-20(25)12-22(28)26-18-7-8-19(26)10-17(9-18)13-24-21(27)11-16-5-3-2-4-6-16/h2-3,14-19H,4-13H2,1H3,(H,24,27)/t16?,17?,18-,19+. The van der Waals surface area contributed by atoms with Gasteiger partial charge in [-0.25, -0.2) is 4.98 Å². The van der Waals surface area contributed by atoms with Crippen LogP contribution >= 0.6 is 0 Å². The van der Waals surface area contributed by atoms with E-state index < -0.39 is 0 Å². The fraction of sp³-hybridized carbons (Fsp3) is 0.682. The molecule has 2 saturated heterocycles. The molecule has 2 aliphatic heterocycles. The fourth-order valence-electron chi connectivity index (χ4n) is 5.30. The van der Waals surface area contributed by atoms with Crippen molar-refractivity contribution < 1.29 is 9.59 Å². The number of hydrogen-bond donors (Lipinski definition) is 1. The quantitative estimate of drug-likeness (QED) is 0.767. The highest BCUT2D eigenvalue weighted by atomic mass is 16.2. The first-order chi connectivity index (χ1) is 13.6. The molecule has 6 nitrogen and oxygen atoms in total. The van der Waals surface area contributed by atoms with Crippen LogP contribution in [0.1, 0.15) is 57.1 Å². The van der Waals surface area contributed by atoms with Crippen LogP contribution in [0.3, 0.4) is 0 Å². The number of imidazole rings is 1. The van der Waals surface area contributed by atoms with Gasteiger partial charge in [0.25, 0.3) is 0 Å². The normalized spacial score (nSPS) is 29.1. The summed E-state index contributed by atoms with van der Waals surface area (Å²) >= 11 is 0. The van der Waals surface area contributed by atoms with E-state index in [2.05, 4.69) is 27.4 Å². The van der Waals surface area contributed by atoms with E-state index in [0.717, 1.165) is 57.2 Å². The molecule has 0 spiro atoms. The summed E-state index contributed by atoms with van der Waals surface area (Å²) in [6.07, 6.45) is 16.5. The Kier molecular flexibility index (Phi) is 5.83. The Morgan fingerprint density at radius 2 is 1.93 bits per heavy atom. The van der Waals surface area contributed by atoms with Crippen molar-refractivity contribution >= 4 is 11.8 Å². The topological polar surface area (TPSA) is 67.2 Å². The van der Waals surface area contributed by atoms with Gasteiger partial charge < -0.3 is 14.8 Å². The second kappa shape index (κ2) is 8.50. The molecule has 3 aliphatic rings. The monoisotopic (exact) mass is 384 g/mol. The molecule has 4 atom stereocenters. The van der Waals surface area contributed by atoms with Crippen LogP contribution in [-0.2, 0) is 23.1 Å². The number of rotatable bonds is 6. The van der Waals surface area contributed by atoms with Crippen LogP contribution in [-0.4, -0.2) is 44.9 Å². The van der Waals surface area contributed by atoms with Gasteiger partial charge in [0.1, 0.15) is 0 Å². The lowest BCUT2D eigenvalue weighted by atomic mass is 9.89. The van der Waals surface area contributed by atoms with E-state index in [1.54, 1.807) is 12.5 Å². The molecular weight excluding hydrogens is 352 g/mol. The maximum Gasteiger partial charge on any atom is 0.229 e. The third-order valence-electron chi connectivity index (χ3n) is 6.81. The van der Waals surface area contributed by atoms with Crippen LogP contribution in [0.15, 0.2) is 24.7 Å². The summed E-state index contributed by atoms with van der Waals surface area (Å²) in [6, 6.07) is 0.676. The molecule has 6 heteroatoms. The van der Waals surface area contributed by atoms with Crippen molar-refractivity contribution in [1.29, 1.82) is 0 Å². The van der Waals surface area contributed by atoms with Gasteiger partial charge in [0.2, 0.25) is 11.8 Å². The molecule has 152 valence electrons. The van der Waals surface area contributed by atoms with Gasteiger partial charge in [-0.05, 0) is 56.8 Å². The highest BCUT2D eigenvalue weighted by Crippen LogP contribution is 2.38. The van der Waals surface area contributed by atoms with Gasteiger partial charge in [-0.1, -0.05) is 12.2 Å². The largest absolute Gasteiger partial charge is 0.356 e. The molecule has 1 aromatic heterocycles. The predicted molar refractivity (Wildman–Crippen MR) is 107 cm³/mol. The Labute approximate surface area is 167 Å². The number of aromatic nitrogens is 2. The summed E-state index contributed by atoms with van der Waals surface area (Å²) in [7, 11) is 1.93. The minimum Gasteiger partial charge on any atom is -0.356 e. The molecule has 0 saturated carbocycles. The van der Waals surface area contributed by atoms with E-state index in [9.17, 15) is 9.59 Å². The van der Waals surface area contributed by atoms with Crippen LogP contribution in [0.2, 0.25) is 0 Å². The summed E-state index contributed by atoms with van der Waals surface area (Å²) in [5.74, 6) is 1.42. The molecule has 1 N–H and O–H groups in total. The van der Waals surface area contributed by atoms with Crippen LogP contribution in [0, 0.1) is 11.8 Å². The van der Waals surface area contributed by atoms with Gasteiger partial charge in [0.15, 0.2) is 0 Å². The van der Waals surface area contributed by atoms with Crippen LogP contribution in [0.5, 0.6) is 0 Å². The number of allylic oxidation sites excluding steroid dienone is 2. The zero-order valence-electron chi connectivity index (χ0n) is 16.8. The van der Waals surface area contributed by atoms with Crippen molar-refractivity contribution in [2.24, 2.45) is 18.9 Å². The van der Waals surface area contributed by atoms with Crippen LogP contribution < -0.4 is 5.32 Å². The SMILES string of the molecule is Cn1cncc1CC(=O)N1[C@@H]2CC[C@H]1CC(CNC(=O)CC1CC=CCC1)C2. The molecule has 2 unspecified atom stereocenters. The average molecular weight is 385 g/mol. The highest BCUT2D eigenvalue weighted by Gasteiger charge is 2.43. The maximum absolute atomic E-state index is 12.9. The van der Waals surface area contributed by atoms with Gasteiger partial charge in [-0.2, -0.15) is 0 Å². The van der Waals surface area contributed by atoms with Crippen molar-refractivity contribution in [2.45, 2.75) is 69.9 Å². The van der Waals surface area contributed by atoms with Crippen molar-refractivity contribution in [3.8, 4) is 0 Å². The molecule has 0 radical (unpaired) electrons. The van der Waals surface area contributed by atoms with Crippen molar-refractivity contribution in [1.82, 2.24) is 19.8 Å². The van der Waals surface area contributed by atoms with Gasteiger partial charge >= 0.3 is 0 Å². The minimum atomic E-state index is 0.197.